The van der Waals surface area contributed by atoms with Crippen molar-refractivity contribution < 1.29 is 22.7 Å². The van der Waals surface area contributed by atoms with Crippen molar-refractivity contribution >= 4 is 22.0 Å². The summed E-state index contributed by atoms with van der Waals surface area (Å²) in [4.78, 5) is 12.3. The van der Waals surface area contributed by atoms with E-state index < -0.39 is 15.9 Å². The van der Waals surface area contributed by atoms with E-state index >= 15 is 0 Å². The molecule has 0 saturated heterocycles. The third kappa shape index (κ3) is 4.36. The number of para-hydroxylation sites is 1. The normalized spacial score (nSPS) is 11.2. The number of sulfonamides is 1. The van der Waals surface area contributed by atoms with Gasteiger partial charge < -0.3 is 9.47 Å². The lowest BCUT2D eigenvalue weighted by Crippen LogP contribution is -2.29. The highest BCUT2D eigenvalue weighted by Crippen LogP contribution is 2.30. The second kappa shape index (κ2) is 7.65. The van der Waals surface area contributed by atoms with Gasteiger partial charge in [-0.2, -0.15) is 0 Å². The standard InChI is InChI=1S/C17H17NO5S/c1-22-15-10-6-9-14(16(15)23-2)17(19)18-24(20,21)12-11-13-7-4-3-5-8-13/h3-12H,1-2H3,(H,18,19)/b12-11-. The molecule has 0 unspecified atom stereocenters. The van der Waals surface area contributed by atoms with E-state index in [1.165, 1.54) is 26.4 Å². The van der Waals surface area contributed by atoms with Gasteiger partial charge in [0.15, 0.2) is 11.5 Å². The van der Waals surface area contributed by atoms with Gasteiger partial charge in [0.2, 0.25) is 0 Å². The number of carbonyl (C=O) groups is 1. The topological polar surface area (TPSA) is 81.7 Å². The molecule has 0 bridgehead atoms. The summed E-state index contributed by atoms with van der Waals surface area (Å²) < 4.78 is 36.3. The van der Waals surface area contributed by atoms with Crippen molar-refractivity contribution in [3.8, 4) is 11.5 Å². The first kappa shape index (κ1) is 17.6. The van der Waals surface area contributed by atoms with E-state index in [0.29, 0.717) is 11.3 Å². The van der Waals surface area contributed by atoms with Crippen molar-refractivity contribution in [2.24, 2.45) is 0 Å². The van der Waals surface area contributed by atoms with Crippen LogP contribution in [0.3, 0.4) is 0 Å². The van der Waals surface area contributed by atoms with Crippen LogP contribution in [0, 0.1) is 0 Å². The number of amides is 1. The Morgan fingerprint density at radius 2 is 1.71 bits per heavy atom. The largest absolute Gasteiger partial charge is 0.493 e. The number of carbonyl (C=O) groups excluding carboxylic acids is 1. The summed E-state index contributed by atoms with van der Waals surface area (Å²) in [6, 6.07) is 13.5. The fraction of sp³-hybridized carbons (Fsp3) is 0.118. The molecule has 2 aromatic rings. The predicted octanol–water partition coefficient (Wildman–Crippen LogP) is 2.43. The van der Waals surface area contributed by atoms with Gasteiger partial charge in [0.05, 0.1) is 25.2 Å². The van der Waals surface area contributed by atoms with E-state index in [-0.39, 0.29) is 11.3 Å². The minimum atomic E-state index is -3.95. The van der Waals surface area contributed by atoms with Gasteiger partial charge in [0.1, 0.15) is 0 Å². The maximum absolute atomic E-state index is 12.3. The number of nitrogens with one attached hydrogen (secondary N) is 1. The Labute approximate surface area is 140 Å². The number of hydrogen-bond donors (Lipinski definition) is 1. The van der Waals surface area contributed by atoms with Crippen molar-refractivity contribution in [3.05, 3.63) is 65.1 Å². The van der Waals surface area contributed by atoms with E-state index in [1.54, 1.807) is 36.4 Å². The highest BCUT2D eigenvalue weighted by atomic mass is 32.2. The molecule has 0 heterocycles. The number of methoxy groups -OCH3 is 2. The van der Waals surface area contributed by atoms with Crippen molar-refractivity contribution in [3.63, 3.8) is 0 Å². The summed E-state index contributed by atoms with van der Waals surface area (Å²) in [6.45, 7) is 0. The Kier molecular flexibility index (Phi) is 5.59. The van der Waals surface area contributed by atoms with Gasteiger partial charge in [0.25, 0.3) is 15.9 Å². The van der Waals surface area contributed by atoms with Gasteiger partial charge in [-0.3, -0.25) is 4.79 Å². The Balaban J connectivity index is 2.21. The van der Waals surface area contributed by atoms with Crippen LogP contribution in [0.4, 0.5) is 0 Å². The fourth-order valence-corrected chi connectivity index (χ4v) is 2.79. The minimum absolute atomic E-state index is 0.0635. The van der Waals surface area contributed by atoms with Crippen LogP contribution in [0.2, 0.25) is 0 Å². The van der Waals surface area contributed by atoms with Crippen LogP contribution in [0.25, 0.3) is 6.08 Å². The molecule has 2 rings (SSSR count). The van der Waals surface area contributed by atoms with Crippen molar-refractivity contribution in [1.29, 1.82) is 0 Å². The highest BCUT2D eigenvalue weighted by molar-refractivity contribution is 7.93. The van der Waals surface area contributed by atoms with E-state index in [0.717, 1.165) is 5.41 Å². The molecular formula is C17H17NO5S. The third-order valence-electron chi connectivity index (χ3n) is 3.12. The lowest BCUT2D eigenvalue weighted by molar-refractivity contribution is 0.0978. The Bertz CT molecular complexity index is 845. The first-order valence-electron chi connectivity index (χ1n) is 6.98. The molecule has 1 amide bonds. The summed E-state index contributed by atoms with van der Waals surface area (Å²) in [5.74, 6) is -0.300. The second-order valence-electron chi connectivity index (χ2n) is 4.73. The number of benzene rings is 2. The Morgan fingerprint density at radius 1 is 1.00 bits per heavy atom. The summed E-state index contributed by atoms with van der Waals surface area (Å²) in [6.07, 6.45) is 1.40. The molecule has 126 valence electrons. The van der Waals surface area contributed by atoms with Gasteiger partial charge in [-0.05, 0) is 23.8 Å². The molecular weight excluding hydrogens is 330 g/mol. The molecule has 0 aliphatic rings. The van der Waals surface area contributed by atoms with Crippen molar-refractivity contribution in [2.45, 2.75) is 0 Å². The molecule has 0 aromatic heterocycles. The molecule has 0 saturated carbocycles. The van der Waals surface area contributed by atoms with Crippen LogP contribution < -0.4 is 14.2 Å². The minimum Gasteiger partial charge on any atom is -0.493 e. The molecule has 0 fully saturated rings. The van der Waals surface area contributed by atoms with E-state index in [1.807, 2.05) is 10.8 Å². The summed E-state index contributed by atoms with van der Waals surface area (Å²) in [5.41, 5.74) is 0.767. The van der Waals surface area contributed by atoms with Crippen molar-refractivity contribution in [2.75, 3.05) is 14.2 Å². The summed E-state index contributed by atoms with van der Waals surface area (Å²) in [5, 5.41) is 0.937. The zero-order valence-corrected chi connectivity index (χ0v) is 14.0. The van der Waals surface area contributed by atoms with Gasteiger partial charge in [-0.1, -0.05) is 36.4 Å². The van der Waals surface area contributed by atoms with Crippen LogP contribution in [-0.2, 0) is 10.0 Å². The van der Waals surface area contributed by atoms with E-state index in [2.05, 4.69) is 0 Å². The van der Waals surface area contributed by atoms with Crippen molar-refractivity contribution in [1.82, 2.24) is 4.72 Å². The molecule has 0 aliphatic heterocycles. The Hall–Kier alpha value is -2.80. The van der Waals surface area contributed by atoms with Gasteiger partial charge in [0, 0.05) is 0 Å². The molecule has 1 N–H and O–H groups in total. The first-order valence-corrected chi connectivity index (χ1v) is 8.53. The molecule has 24 heavy (non-hydrogen) atoms. The average Bonchev–Trinajstić information content (AvgIpc) is 2.59. The van der Waals surface area contributed by atoms with Crippen LogP contribution in [0.1, 0.15) is 15.9 Å². The first-order chi connectivity index (χ1) is 11.5. The zero-order chi connectivity index (χ0) is 17.6. The van der Waals surface area contributed by atoms with E-state index in [4.69, 9.17) is 9.47 Å². The van der Waals surface area contributed by atoms with Crippen LogP contribution >= 0.6 is 0 Å². The second-order valence-corrected chi connectivity index (χ2v) is 6.30. The smallest absolute Gasteiger partial charge is 0.268 e. The van der Waals surface area contributed by atoms with E-state index in [9.17, 15) is 13.2 Å². The zero-order valence-electron chi connectivity index (χ0n) is 13.2. The maximum Gasteiger partial charge on any atom is 0.268 e. The van der Waals surface area contributed by atoms with Crippen LogP contribution in [-0.4, -0.2) is 28.5 Å². The van der Waals surface area contributed by atoms with Gasteiger partial charge >= 0.3 is 0 Å². The van der Waals surface area contributed by atoms with Gasteiger partial charge in [-0.15, -0.1) is 0 Å². The summed E-state index contributed by atoms with van der Waals surface area (Å²) in [7, 11) is -1.15. The third-order valence-corrected chi connectivity index (χ3v) is 4.09. The number of ether oxygens (including phenoxy) is 2. The average molecular weight is 347 g/mol. The van der Waals surface area contributed by atoms with Gasteiger partial charge in [-0.25, -0.2) is 13.1 Å². The fourth-order valence-electron chi connectivity index (χ4n) is 2.02. The lowest BCUT2D eigenvalue weighted by Gasteiger charge is -2.11. The predicted molar refractivity (Wildman–Crippen MR) is 91.4 cm³/mol. The monoisotopic (exact) mass is 347 g/mol. The maximum atomic E-state index is 12.3. The molecule has 0 aliphatic carbocycles. The molecule has 0 spiro atoms. The molecule has 0 atom stereocenters. The molecule has 7 heteroatoms. The quantitative estimate of drug-likeness (QED) is 0.868. The number of rotatable bonds is 6. The molecule has 2 aromatic carbocycles. The summed E-state index contributed by atoms with van der Waals surface area (Å²) >= 11 is 0. The molecule has 6 nitrogen and oxygen atoms in total. The van der Waals surface area contributed by atoms with Crippen LogP contribution in [0.15, 0.2) is 53.9 Å². The molecule has 0 radical (unpaired) electrons. The van der Waals surface area contributed by atoms with Crippen LogP contribution in [0.5, 0.6) is 11.5 Å². The highest BCUT2D eigenvalue weighted by Gasteiger charge is 2.19. The number of hydrogen-bond acceptors (Lipinski definition) is 5. The SMILES string of the molecule is COc1cccc(C(=O)NS(=O)(=O)/C=C\c2ccccc2)c1OC. The Morgan fingerprint density at radius 3 is 2.33 bits per heavy atom. The lowest BCUT2D eigenvalue weighted by atomic mass is 10.2.